The number of nitrogens with zero attached hydrogens (tertiary/aromatic N) is 1. The van der Waals surface area contributed by atoms with E-state index in [9.17, 15) is 23.1 Å². The van der Waals surface area contributed by atoms with Crippen LogP contribution in [0.25, 0.3) is 0 Å². The lowest BCUT2D eigenvalue weighted by Gasteiger charge is -2.11. The molecule has 0 saturated carbocycles. The van der Waals surface area contributed by atoms with Crippen LogP contribution in [0.4, 0.5) is 24.5 Å². The van der Waals surface area contributed by atoms with Gasteiger partial charge in [0.1, 0.15) is 17.4 Å². The van der Waals surface area contributed by atoms with Crippen molar-refractivity contribution >= 4 is 28.9 Å². The van der Waals surface area contributed by atoms with Gasteiger partial charge >= 0.3 is 6.18 Å². The number of nitriles is 1. The van der Waals surface area contributed by atoms with Crippen molar-refractivity contribution < 1.29 is 23.1 Å². The Morgan fingerprint density at radius 3 is 2.54 bits per heavy atom. The Hall–Kier alpha value is -3.18. The van der Waals surface area contributed by atoms with Crippen LogP contribution in [0.2, 0.25) is 5.02 Å². The number of aromatic hydroxyl groups is 1. The summed E-state index contributed by atoms with van der Waals surface area (Å²) in [4.78, 5) is 12.1. The van der Waals surface area contributed by atoms with Gasteiger partial charge in [0, 0.05) is 23.6 Å². The fourth-order valence-corrected chi connectivity index (χ4v) is 2.14. The van der Waals surface area contributed by atoms with Crippen LogP contribution < -0.4 is 10.6 Å². The van der Waals surface area contributed by atoms with E-state index in [0.29, 0.717) is 11.8 Å². The highest BCUT2D eigenvalue weighted by molar-refractivity contribution is 6.31. The van der Waals surface area contributed by atoms with E-state index in [1.54, 1.807) is 18.2 Å². The largest absolute Gasteiger partial charge is 0.508 e. The molecule has 134 valence electrons. The van der Waals surface area contributed by atoms with Gasteiger partial charge in [0.2, 0.25) is 0 Å². The van der Waals surface area contributed by atoms with Crippen LogP contribution in [0.1, 0.15) is 5.56 Å². The molecule has 0 saturated heterocycles. The zero-order valence-corrected chi connectivity index (χ0v) is 13.7. The molecule has 0 aliphatic carbocycles. The molecule has 9 heteroatoms. The predicted molar refractivity (Wildman–Crippen MR) is 90.5 cm³/mol. The molecule has 3 N–H and O–H groups in total. The minimum atomic E-state index is -4.68. The first-order valence-electron chi connectivity index (χ1n) is 7.04. The maximum atomic E-state index is 12.8. The summed E-state index contributed by atoms with van der Waals surface area (Å²) in [6, 6.07) is 10.4. The lowest BCUT2D eigenvalue weighted by molar-refractivity contribution is -0.137. The maximum Gasteiger partial charge on any atom is 0.417 e. The van der Waals surface area contributed by atoms with Crippen molar-refractivity contribution in [1.29, 1.82) is 5.26 Å². The average Bonchev–Trinajstić information content (AvgIpc) is 2.56. The standard InChI is InChI=1S/C17H11ClF3N3O2/c18-15-5-4-12(7-14(15)17(19,20)21)24-16(26)10(8-22)9-23-11-2-1-3-13(25)6-11/h1-7,9,23,25H,(H,24,26)/b10-9-. The third kappa shape index (κ3) is 4.91. The first kappa shape index (κ1) is 19.1. The summed E-state index contributed by atoms with van der Waals surface area (Å²) in [5.74, 6) is -0.928. The Balaban J connectivity index is 2.17. The monoisotopic (exact) mass is 381 g/mol. The second-order valence-corrected chi connectivity index (χ2v) is 5.42. The van der Waals surface area contributed by atoms with E-state index >= 15 is 0 Å². The van der Waals surface area contributed by atoms with Crippen LogP contribution in [0.5, 0.6) is 5.75 Å². The summed E-state index contributed by atoms with van der Waals surface area (Å²) in [6.45, 7) is 0. The highest BCUT2D eigenvalue weighted by Crippen LogP contribution is 2.36. The van der Waals surface area contributed by atoms with E-state index in [0.717, 1.165) is 12.3 Å². The molecule has 0 aliphatic heterocycles. The second-order valence-electron chi connectivity index (χ2n) is 5.01. The Bertz CT molecular complexity index is 905. The normalized spacial score (nSPS) is 11.6. The molecule has 0 aromatic heterocycles. The molecule has 0 unspecified atom stereocenters. The Kier molecular flexibility index (Phi) is 5.75. The third-order valence-corrected chi connectivity index (χ3v) is 3.45. The summed E-state index contributed by atoms with van der Waals surface area (Å²) >= 11 is 5.51. The van der Waals surface area contributed by atoms with E-state index in [1.165, 1.54) is 18.2 Å². The van der Waals surface area contributed by atoms with Crippen LogP contribution in [-0.4, -0.2) is 11.0 Å². The van der Waals surface area contributed by atoms with E-state index in [1.807, 2.05) is 0 Å². The zero-order valence-electron chi connectivity index (χ0n) is 12.9. The van der Waals surface area contributed by atoms with Gasteiger partial charge in [0.05, 0.1) is 10.6 Å². The molecule has 5 nitrogen and oxygen atoms in total. The topological polar surface area (TPSA) is 85.2 Å². The molecule has 0 heterocycles. The summed E-state index contributed by atoms with van der Waals surface area (Å²) < 4.78 is 38.5. The van der Waals surface area contributed by atoms with Gasteiger partial charge in [-0.25, -0.2) is 0 Å². The molecule has 2 aromatic rings. The van der Waals surface area contributed by atoms with Gasteiger partial charge in [-0.1, -0.05) is 17.7 Å². The van der Waals surface area contributed by atoms with Crippen LogP contribution in [0.15, 0.2) is 54.2 Å². The Labute approximate surface area is 151 Å². The number of rotatable bonds is 4. The quantitative estimate of drug-likeness (QED) is 0.537. The first-order chi connectivity index (χ1) is 12.2. The predicted octanol–water partition coefficient (Wildman–Crippen LogP) is 4.52. The van der Waals surface area contributed by atoms with Gasteiger partial charge < -0.3 is 15.7 Å². The molecule has 26 heavy (non-hydrogen) atoms. The molecule has 1 amide bonds. The minimum absolute atomic E-state index is 0.0211. The van der Waals surface area contributed by atoms with Crippen LogP contribution in [-0.2, 0) is 11.0 Å². The zero-order chi connectivity index (χ0) is 19.3. The fourth-order valence-electron chi connectivity index (χ4n) is 1.92. The molecule has 2 rings (SSSR count). The average molecular weight is 382 g/mol. The summed E-state index contributed by atoms with van der Waals surface area (Å²) in [5.41, 5.74) is -1.23. The number of alkyl halides is 3. The number of nitrogens with one attached hydrogen (secondary N) is 2. The molecule has 0 atom stereocenters. The highest BCUT2D eigenvalue weighted by atomic mass is 35.5. The van der Waals surface area contributed by atoms with Gasteiger partial charge in [-0.2, -0.15) is 18.4 Å². The molecule has 0 aliphatic rings. The maximum absolute atomic E-state index is 12.8. The molecule has 0 bridgehead atoms. The molecule has 0 spiro atoms. The van der Waals surface area contributed by atoms with E-state index in [-0.39, 0.29) is 17.0 Å². The van der Waals surface area contributed by atoms with Crippen LogP contribution >= 0.6 is 11.6 Å². The summed E-state index contributed by atoms with van der Waals surface area (Å²) in [7, 11) is 0. The van der Waals surface area contributed by atoms with Crippen molar-refractivity contribution in [3.05, 3.63) is 64.8 Å². The first-order valence-corrected chi connectivity index (χ1v) is 7.42. The smallest absolute Gasteiger partial charge is 0.417 e. The molecule has 2 aromatic carbocycles. The van der Waals surface area contributed by atoms with Gasteiger partial charge in [-0.15, -0.1) is 0 Å². The molecular weight excluding hydrogens is 371 g/mol. The minimum Gasteiger partial charge on any atom is -0.508 e. The SMILES string of the molecule is N#C/C(=C/Nc1cccc(O)c1)C(=O)Nc1ccc(Cl)c(C(F)(F)F)c1. The van der Waals surface area contributed by atoms with Gasteiger partial charge in [-0.3, -0.25) is 4.79 Å². The number of carbonyl (C=O) groups excluding carboxylic acids is 1. The summed E-state index contributed by atoms with van der Waals surface area (Å²) in [6.07, 6.45) is -3.60. The molecular formula is C17H11ClF3N3O2. The number of carbonyl (C=O) groups is 1. The van der Waals surface area contributed by atoms with E-state index < -0.39 is 22.7 Å². The van der Waals surface area contributed by atoms with Gasteiger partial charge in [0.15, 0.2) is 0 Å². The van der Waals surface area contributed by atoms with Gasteiger partial charge in [-0.05, 0) is 30.3 Å². The second kappa shape index (κ2) is 7.80. The number of halogens is 4. The van der Waals surface area contributed by atoms with Crippen molar-refractivity contribution in [1.82, 2.24) is 0 Å². The number of amides is 1. The molecule has 0 radical (unpaired) electrons. The lowest BCUT2D eigenvalue weighted by atomic mass is 10.2. The lowest BCUT2D eigenvalue weighted by Crippen LogP contribution is -2.15. The third-order valence-electron chi connectivity index (χ3n) is 3.12. The number of hydrogen-bond acceptors (Lipinski definition) is 4. The van der Waals surface area contributed by atoms with E-state index in [4.69, 9.17) is 16.9 Å². The Morgan fingerprint density at radius 1 is 1.19 bits per heavy atom. The highest BCUT2D eigenvalue weighted by Gasteiger charge is 2.33. The number of benzene rings is 2. The van der Waals surface area contributed by atoms with Crippen molar-refractivity contribution in [2.24, 2.45) is 0 Å². The van der Waals surface area contributed by atoms with Crippen molar-refractivity contribution in [3.63, 3.8) is 0 Å². The number of phenolic OH excluding ortho intramolecular Hbond substituents is 1. The van der Waals surface area contributed by atoms with Crippen LogP contribution in [0, 0.1) is 11.3 Å². The van der Waals surface area contributed by atoms with Gasteiger partial charge in [0.25, 0.3) is 5.91 Å². The van der Waals surface area contributed by atoms with Crippen molar-refractivity contribution in [3.8, 4) is 11.8 Å². The Morgan fingerprint density at radius 2 is 1.92 bits per heavy atom. The van der Waals surface area contributed by atoms with Crippen molar-refractivity contribution in [2.45, 2.75) is 6.18 Å². The number of anilines is 2. The molecule has 0 fully saturated rings. The fraction of sp³-hybridized carbons (Fsp3) is 0.0588. The summed E-state index contributed by atoms with van der Waals surface area (Å²) in [5, 5.41) is 22.8. The number of hydrogen-bond donors (Lipinski definition) is 3. The van der Waals surface area contributed by atoms with Crippen LogP contribution in [0.3, 0.4) is 0 Å². The number of phenols is 1. The van der Waals surface area contributed by atoms with E-state index in [2.05, 4.69) is 10.6 Å². The van der Waals surface area contributed by atoms with Crippen molar-refractivity contribution in [2.75, 3.05) is 10.6 Å².